The van der Waals surface area contributed by atoms with E-state index in [2.05, 4.69) is 9.88 Å². The normalized spacial score (nSPS) is 18.5. The van der Waals surface area contributed by atoms with E-state index < -0.39 is 21.7 Å². The van der Waals surface area contributed by atoms with Crippen molar-refractivity contribution in [1.82, 2.24) is 14.5 Å². The number of fused-ring (bicyclic) bond motifs is 1. The van der Waals surface area contributed by atoms with Crippen LogP contribution in [-0.2, 0) is 11.4 Å². The molecule has 8 nitrogen and oxygen atoms in total. The van der Waals surface area contributed by atoms with Crippen LogP contribution in [0.4, 0.5) is 5.82 Å². The van der Waals surface area contributed by atoms with Gasteiger partial charge in [-0.2, -0.15) is 0 Å². The molecule has 0 aliphatic carbocycles. The van der Waals surface area contributed by atoms with Crippen molar-refractivity contribution >= 4 is 46.1 Å². The van der Waals surface area contributed by atoms with Crippen LogP contribution in [0.3, 0.4) is 0 Å². The molecule has 1 spiro atoms. The monoisotopic (exact) mass is 573 g/mol. The molecule has 1 saturated heterocycles. The molecule has 3 aromatic rings. The van der Waals surface area contributed by atoms with E-state index in [-0.39, 0.29) is 5.56 Å². The molecule has 4 heterocycles. The molecule has 1 fully saturated rings. The molecular weight excluding hydrogens is 545 g/mol. The van der Waals surface area contributed by atoms with Crippen LogP contribution in [0, 0.1) is 13.8 Å². The average molecular weight is 575 g/mol. The number of hydrogen-bond acceptors (Lipinski definition) is 7. The first kappa shape index (κ1) is 27.0. The molecule has 1 aromatic carbocycles. The third-order valence-corrected chi connectivity index (χ3v) is 9.17. The standard InChI is InChI=1S/C27H29Cl2N5O3S/c1-16-24(31-17(2)34(25(16)35)20-8-6-7-19(28)22(20)29)33-13-10-27(11-14-33)23(32-38(36)26(3,4)5)18-9-12-30-15-21(18)37-27/h6-9,12,15H,10-11,13-14H2,1-5H3/b32-23+. The number of halogens is 2. The summed E-state index contributed by atoms with van der Waals surface area (Å²) in [5, 5.41) is 0.677. The molecule has 0 radical (unpaired) electrons. The van der Waals surface area contributed by atoms with Crippen molar-refractivity contribution in [2.45, 2.75) is 57.8 Å². The Balaban J connectivity index is 1.47. The van der Waals surface area contributed by atoms with Crippen molar-refractivity contribution < 1.29 is 9.29 Å². The first-order chi connectivity index (χ1) is 17.9. The van der Waals surface area contributed by atoms with Crippen molar-refractivity contribution in [3.63, 3.8) is 0 Å². The molecule has 2 aliphatic rings. The second-order valence-electron chi connectivity index (χ2n) is 10.6. The first-order valence-corrected chi connectivity index (χ1v) is 14.2. The van der Waals surface area contributed by atoms with E-state index in [4.69, 9.17) is 37.3 Å². The molecule has 1 unspecified atom stereocenters. The van der Waals surface area contributed by atoms with Crippen LogP contribution in [0.25, 0.3) is 5.69 Å². The summed E-state index contributed by atoms with van der Waals surface area (Å²) in [6.45, 7) is 10.4. The Labute approximate surface area is 235 Å². The summed E-state index contributed by atoms with van der Waals surface area (Å²) >= 11 is 11.2. The van der Waals surface area contributed by atoms with Crippen LogP contribution in [0.1, 0.15) is 50.6 Å². The maximum absolute atomic E-state index is 13.5. The largest absolute Gasteiger partial charge is 0.591 e. The van der Waals surface area contributed by atoms with Gasteiger partial charge in [0.15, 0.2) is 5.60 Å². The van der Waals surface area contributed by atoms with E-state index in [9.17, 15) is 9.35 Å². The third-order valence-electron chi connectivity index (χ3n) is 6.97. The highest BCUT2D eigenvalue weighted by atomic mass is 35.5. The Kier molecular flexibility index (Phi) is 7.01. The number of piperidine rings is 1. The number of rotatable bonds is 3. The van der Waals surface area contributed by atoms with Gasteiger partial charge < -0.3 is 14.2 Å². The van der Waals surface area contributed by atoms with Gasteiger partial charge in [-0.25, -0.2) is 4.98 Å². The molecule has 200 valence electrons. The van der Waals surface area contributed by atoms with Crippen molar-refractivity contribution in [1.29, 1.82) is 0 Å². The summed E-state index contributed by atoms with van der Waals surface area (Å²) in [5.41, 5.74) is 1.64. The number of aromatic nitrogens is 3. The molecule has 0 amide bonds. The summed E-state index contributed by atoms with van der Waals surface area (Å²) in [6, 6.07) is 7.05. The lowest BCUT2D eigenvalue weighted by molar-refractivity contribution is 0.124. The quantitative estimate of drug-likeness (QED) is 0.398. The zero-order valence-electron chi connectivity index (χ0n) is 21.9. The Hall–Kier alpha value is -2.59. The SMILES string of the molecule is Cc1c(N2CCC3(CC2)Oc2cnccc2/C3=N\[S+]([O-])C(C)(C)C)nc(C)n(-c2cccc(Cl)c2Cl)c1=O. The van der Waals surface area contributed by atoms with Gasteiger partial charge in [0.25, 0.3) is 5.56 Å². The Morgan fingerprint density at radius 2 is 1.87 bits per heavy atom. The lowest BCUT2D eigenvalue weighted by atomic mass is 9.85. The fourth-order valence-corrected chi connectivity index (χ4v) is 5.97. The number of pyridine rings is 1. The Bertz CT molecular complexity index is 1490. The highest BCUT2D eigenvalue weighted by molar-refractivity contribution is 7.91. The Morgan fingerprint density at radius 1 is 1.16 bits per heavy atom. The molecule has 0 bridgehead atoms. The predicted molar refractivity (Wildman–Crippen MR) is 153 cm³/mol. The van der Waals surface area contributed by atoms with Crippen LogP contribution < -0.4 is 15.2 Å². The first-order valence-electron chi connectivity index (χ1n) is 12.4. The average Bonchev–Trinajstić information content (AvgIpc) is 3.16. The number of benzene rings is 1. The van der Waals surface area contributed by atoms with Crippen molar-refractivity contribution in [2.75, 3.05) is 18.0 Å². The van der Waals surface area contributed by atoms with Crippen LogP contribution in [-0.4, -0.2) is 48.2 Å². The van der Waals surface area contributed by atoms with Gasteiger partial charge in [-0.05, 0) is 52.8 Å². The number of anilines is 1. The van der Waals surface area contributed by atoms with E-state index in [1.807, 2.05) is 26.8 Å². The lowest BCUT2D eigenvalue weighted by Gasteiger charge is -2.39. The highest BCUT2D eigenvalue weighted by Crippen LogP contribution is 2.42. The van der Waals surface area contributed by atoms with Crippen LogP contribution in [0.15, 0.2) is 45.9 Å². The van der Waals surface area contributed by atoms with E-state index >= 15 is 0 Å². The van der Waals surface area contributed by atoms with Crippen LogP contribution >= 0.6 is 23.2 Å². The predicted octanol–water partition coefficient (Wildman–Crippen LogP) is 5.23. The van der Waals surface area contributed by atoms with Gasteiger partial charge in [-0.3, -0.25) is 14.3 Å². The van der Waals surface area contributed by atoms with Crippen molar-refractivity contribution in [2.24, 2.45) is 4.40 Å². The van der Waals surface area contributed by atoms with Crippen LogP contribution in [0.5, 0.6) is 5.75 Å². The highest BCUT2D eigenvalue weighted by Gasteiger charge is 2.50. The van der Waals surface area contributed by atoms with E-state index in [1.54, 1.807) is 44.4 Å². The van der Waals surface area contributed by atoms with Gasteiger partial charge in [-0.15, -0.1) is 0 Å². The molecule has 1 atom stereocenters. The van der Waals surface area contributed by atoms with Gasteiger partial charge in [0.1, 0.15) is 39.2 Å². The van der Waals surface area contributed by atoms with Gasteiger partial charge in [0.2, 0.25) is 0 Å². The molecular formula is C27H29Cl2N5O3S. The van der Waals surface area contributed by atoms with Gasteiger partial charge in [0.05, 0.1) is 27.5 Å². The topological polar surface area (TPSA) is 95.7 Å². The smallest absolute Gasteiger partial charge is 0.263 e. The number of nitrogens with zero attached hydrogens (tertiary/aromatic N) is 5. The Morgan fingerprint density at radius 3 is 2.55 bits per heavy atom. The molecule has 38 heavy (non-hydrogen) atoms. The van der Waals surface area contributed by atoms with Crippen molar-refractivity contribution in [3.05, 3.63) is 74.0 Å². The number of ether oxygens (including phenoxy) is 1. The van der Waals surface area contributed by atoms with Crippen molar-refractivity contribution in [3.8, 4) is 11.4 Å². The fraction of sp³-hybridized carbons (Fsp3) is 0.407. The summed E-state index contributed by atoms with van der Waals surface area (Å²) in [5.74, 6) is 1.79. The maximum atomic E-state index is 13.5. The summed E-state index contributed by atoms with van der Waals surface area (Å²) in [7, 11) is 0. The zero-order valence-corrected chi connectivity index (χ0v) is 24.2. The van der Waals surface area contributed by atoms with E-state index in [0.29, 0.717) is 70.3 Å². The summed E-state index contributed by atoms with van der Waals surface area (Å²) in [6.07, 6.45) is 4.56. The minimum absolute atomic E-state index is 0.199. The molecule has 0 saturated carbocycles. The molecule has 2 aliphatic heterocycles. The lowest BCUT2D eigenvalue weighted by Crippen LogP contribution is -2.52. The molecule has 11 heteroatoms. The molecule has 0 N–H and O–H groups in total. The van der Waals surface area contributed by atoms with Gasteiger partial charge in [-0.1, -0.05) is 33.7 Å². The van der Waals surface area contributed by atoms with Gasteiger partial charge >= 0.3 is 0 Å². The van der Waals surface area contributed by atoms with E-state index in [0.717, 1.165) is 5.56 Å². The maximum Gasteiger partial charge on any atom is 0.263 e. The minimum atomic E-state index is -1.44. The zero-order chi connectivity index (χ0) is 27.4. The summed E-state index contributed by atoms with van der Waals surface area (Å²) < 4.78 is 25.2. The van der Waals surface area contributed by atoms with E-state index in [1.165, 1.54) is 4.57 Å². The second kappa shape index (κ2) is 9.86. The second-order valence-corrected chi connectivity index (χ2v) is 13.3. The fourth-order valence-electron chi connectivity index (χ4n) is 4.89. The molecule has 5 rings (SSSR count). The number of aryl methyl sites for hydroxylation is 1. The van der Waals surface area contributed by atoms with Crippen LogP contribution in [0.2, 0.25) is 10.0 Å². The minimum Gasteiger partial charge on any atom is -0.591 e. The van der Waals surface area contributed by atoms with Gasteiger partial charge in [0, 0.05) is 37.7 Å². The third kappa shape index (κ3) is 4.59. The molecule has 2 aromatic heterocycles. The summed E-state index contributed by atoms with van der Waals surface area (Å²) in [4.78, 5) is 24.6. The number of hydrogen-bond donors (Lipinski definition) is 0.